The predicted octanol–water partition coefficient (Wildman–Crippen LogP) is 1.57. The Morgan fingerprint density at radius 2 is 2.19 bits per heavy atom. The van der Waals surface area contributed by atoms with Crippen LogP contribution in [0.1, 0.15) is 33.4 Å². The maximum Gasteiger partial charge on any atom is 0.262 e. The molecule has 2 aliphatic rings. The quantitative estimate of drug-likeness (QED) is 0.851. The Balaban J connectivity index is 1.66. The second-order valence-corrected chi connectivity index (χ2v) is 6.48. The van der Waals surface area contributed by atoms with E-state index in [4.69, 9.17) is 9.47 Å². The number of rotatable bonds is 2. The summed E-state index contributed by atoms with van der Waals surface area (Å²) in [5, 5.41) is 9.95. The number of hydrogen-bond acceptors (Lipinski definition) is 5. The number of benzene rings is 1. The molecule has 3 heterocycles. The van der Waals surface area contributed by atoms with Gasteiger partial charge < -0.3 is 19.7 Å². The van der Waals surface area contributed by atoms with Gasteiger partial charge in [0.05, 0.1) is 30.6 Å². The summed E-state index contributed by atoms with van der Waals surface area (Å²) in [5.74, 6) is 0.234. The molecule has 8 nitrogen and oxygen atoms in total. The zero-order valence-electron chi connectivity index (χ0n) is 14.7. The first-order valence-electron chi connectivity index (χ1n) is 8.51. The molecular formula is C18H20N4O4. The highest BCUT2D eigenvalue weighted by Gasteiger charge is 2.33. The van der Waals surface area contributed by atoms with Gasteiger partial charge in [-0.05, 0) is 32.0 Å². The number of aromatic amines is 1. The Labute approximate surface area is 150 Å². The molecule has 0 bridgehead atoms. The monoisotopic (exact) mass is 356 g/mol. The molecule has 4 rings (SSSR count). The third-order valence-electron chi connectivity index (χ3n) is 4.77. The number of aromatic nitrogens is 2. The van der Waals surface area contributed by atoms with Gasteiger partial charge in [0.1, 0.15) is 5.75 Å². The Morgan fingerprint density at radius 3 is 2.96 bits per heavy atom. The maximum atomic E-state index is 13.2. The van der Waals surface area contributed by atoms with Gasteiger partial charge in [-0.2, -0.15) is 5.10 Å². The molecule has 2 aromatic rings. The molecule has 8 heteroatoms. The fourth-order valence-electron chi connectivity index (χ4n) is 3.52. The van der Waals surface area contributed by atoms with Gasteiger partial charge in [0, 0.05) is 23.4 Å². The number of amides is 2. The third-order valence-corrected chi connectivity index (χ3v) is 4.77. The molecule has 136 valence electrons. The van der Waals surface area contributed by atoms with Crippen LogP contribution in [-0.2, 0) is 9.53 Å². The number of nitrogens with one attached hydrogen (secondary N) is 2. The van der Waals surface area contributed by atoms with Crippen molar-refractivity contribution in [3.8, 4) is 5.75 Å². The minimum absolute atomic E-state index is 0.00905. The van der Waals surface area contributed by atoms with Crippen molar-refractivity contribution in [3.63, 3.8) is 0 Å². The Bertz CT molecular complexity index is 857. The van der Waals surface area contributed by atoms with E-state index in [1.165, 1.54) is 0 Å². The minimum atomic E-state index is -0.226. The fraction of sp³-hybridized carbons (Fsp3) is 0.389. The third kappa shape index (κ3) is 2.82. The van der Waals surface area contributed by atoms with Crippen LogP contribution < -0.4 is 10.1 Å². The number of aryl methyl sites for hydroxylation is 2. The molecule has 2 N–H and O–H groups in total. The number of nitrogens with zero attached hydrogens (tertiary/aromatic N) is 2. The second kappa shape index (κ2) is 6.45. The number of carbonyl (C=O) groups is 2. The number of morpholine rings is 1. The van der Waals surface area contributed by atoms with E-state index in [1.54, 1.807) is 18.2 Å². The van der Waals surface area contributed by atoms with Gasteiger partial charge in [0.2, 0.25) is 0 Å². The number of ether oxygens (including phenoxy) is 2. The van der Waals surface area contributed by atoms with E-state index in [0.29, 0.717) is 36.8 Å². The van der Waals surface area contributed by atoms with Gasteiger partial charge in [-0.25, -0.2) is 0 Å². The van der Waals surface area contributed by atoms with Gasteiger partial charge in [-0.15, -0.1) is 0 Å². The largest absolute Gasteiger partial charge is 0.482 e. The number of carbonyl (C=O) groups excluding carboxylic acids is 2. The first kappa shape index (κ1) is 16.6. The van der Waals surface area contributed by atoms with Crippen molar-refractivity contribution in [2.45, 2.75) is 19.9 Å². The maximum absolute atomic E-state index is 13.2. The minimum Gasteiger partial charge on any atom is -0.482 e. The van der Waals surface area contributed by atoms with E-state index >= 15 is 0 Å². The molecule has 2 aliphatic heterocycles. The SMILES string of the molecule is Cc1n[nH]c(C)c1C1COCCN1C(=O)c1ccc2c(c1)NC(=O)CO2. The number of fused-ring (bicyclic) bond motifs is 1. The average molecular weight is 356 g/mol. The van der Waals surface area contributed by atoms with Gasteiger partial charge in [-0.3, -0.25) is 14.7 Å². The first-order valence-corrected chi connectivity index (χ1v) is 8.51. The van der Waals surface area contributed by atoms with Crippen LogP contribution in [0.5, 0.6) is 5.75 Å². The van der Waals surface area contributed by atoms with Crippen LogP contribution in [0.15, 0.2) is 18.2 Å². The number of hydrogen-bond donors (Lipinski definition) is 2. The van der Waals surface area contributed by atoms with Crippen molar-refractivity contribution in [2.24, 2.45) is 0 Å². The molecule has 0 aliphatic carbocycles. The molecule has 0 saturated carbocycles. The molecule has 26 heavy (non-hydrogen) atoms. The zero-order valence-corrected chi connectivity index (χ0v) is 14.7. The summed E-state index contributed by atoms with van der Waals surface area (Å²) in [6.07, 6.45) is 0. The summed E-state index contributed by atoms with van der Waals surface area (Å²) in [5.41, 5.74) is 3.81. The van der Waals surface area contributed by atoms with E-state index in [1.807, 2.05) is 18.7 Å². The van der Waals surface area contributed by atoms with E-state index in [-0.39, 0.29) is 24.5 Å². The van der Waals surface area contributed by atoms with Gasteiger partial charge in [0.25, 0.3) is 11.8 Å². The fourth-order valence-corrected chi connectivity index (χ4v) is 3.52. The lowest BCUT2D eigenvalue weighted by Gasteiger charge is -2.36. The molecule has 0 spiro atoms. The van der Waals surface area contributed by atoms with E-state index < -0.39 is 0 Å². The highest BCUT2D eigenvalue weighted by atomic mass is 16.5. The van der Waals surface area contributed by atoms with Gasteiger partial charge in [-0.1, -0.05) is 0 Å². The van der Waals surface area contributed by atoms with Crippen molar-refractivity contribution in [2.75, 3.05) is 31.7 Å². The molecule has 1 unspecified atom stereocenters. The summed E-state index contributed by atoms with van der Waals surface area (Å²) in [6, 6.07) is 4.90. The standard InChI is InChI=1S/C18H20N4O4/c1-10-17(11(2)21-20-10)14-8-25-6-5-22(14)18(24)12-3-4-15-13(7-12)19-16(23)9-26-15/h3-4,7,14H,5-6,8-9H2,1-2H3,(H,19,23)(H,20,21). The zero-order chi connectivity index (χ0) is 18.3. The summed E-state index contributed by atoms with van der Waals surface area (Å²) >= 11 is 0. The Kier molecular flexibility index (Phi) is 4.12. The lowest BCUT2D eigenvalue weighted by Crippen LogP contribution is -2.43. The molecule has 1 atom stereocenters. The van der Waals surface area contributed by atoms with Crippen LogP contribution in [0.4, 0.5) is 5.69 Å². The number of H-pyrrole nitrogens is 1. The predicted molar refractivity (Wildman–Crippen MR) is 93.2 cm³/mol. The normalized spacial score (nSPS) is 19.5. The van der Waals surface area contributed by atoms with Crippen molar-refractivity contribution in [1.82, 2.24) is 15.1 Å². The molecule has 1 fully saturated rings. The van der Waals surface area contributed by atoms with Crippen LogP contribution in [-0.4, -0.2) is 53.3 Å². The Morgan fingerprint density at radius 1 is 1.35 bits per heavy atom. The summed E-state index contributed by atoms with van der Waals surface area (Å²) in [4.78, 5) is 26.5. The average Bonchev–Trinajstić information content (AvgIpc) is 2.98. The Hall–Kier alpha value is -2.87. The van der Waals surface area contributed by atoms with Crippen molar-refractivity contribution < 1.29 is 19.1 Å². The van der Waals surface area contributed by atoms with Crippen LogP contribution in [0, 0.1) is 13.8 Å². The van der Waals surface area contributed by atoms with Gasteiger partial charge in [0.15, 0.2) is 6.61 Å². The van der Waals surface area contributed by atoms with Gasteiger partial charge >= 0.3 is 0 Å². The topological polar surface area (TPSA) is 96.5 Å². The van der Waals surface area contributed by atoms with Crippen LogP contribution in [0.25, 0.3) is 0 Å². The van der Waals surface area contributed by atoms with Crippen molar-refractivity contribution in [1.29, 1.82) is 0 Å². The highest BCUT2D eigenvalue weighted by Crippen LogP contribution is 2.32. The lowest BCUT2D eigenvalue weighted by molar-refractivity contribution is -0.118. The molecule has 1 aromatic heterocycles. The molecule has 1 aromatic carbocycles. The number of anilines is 1. The molecule has 2 amide bonds. The summed E-state index contributed by atoms with van der Waals surface area (Å²) < 4.78 is 11.0. The first-order chi connectivity index (χ1) is 12.5. The van der Waals surface area contributed by atoms with Crippen LogP contribution in [0.2, 0.25) is 0 Å². The van der Waals surface area contributed by atoms with Crippen molar-refractivity contribution in [3.05, 3.63) is 40.7 Å². The lowest BCUT2D eigenvalue weighted by atomic mass is 10.0. The van der Waals surface area contributed by atoms with E-state index in [9.17, 15) is 9.59 Å². The smallest absolute Gasteiger partial charge is 0.262 e. The highest BCUT2D eigenvalue weighted by molar-refractivity contribution is 6.00. The summed E-state index contributed by atoms with van der Waals surface area (Å²) in [7, 11) is 0. The second-order valence-electron chi connectivity index (χ2n) is 6.48. The molecule has 1 saturated heterocycles. The van der Waals surface area contributed by atoms with Crippen LogP contribution >= 0.6 is 0 Å². The molecule has 0 radical (unpaired) electrons. The van der Waals surface area contributed by atoms with Crippen molar-refractivity contribution >= 4 is 17.5 Å². The molecular weight excluding hydrogens is 336 g/mol. The van der Waals surface area contributed by atoms with Crippen LogP contribution in [0.3, 0.4) is 0 Å². The van der Waals surface area contributed by atoms with E-state index in [0.717, 1.165) is 17.0 Å². The van der Waals surface area contributed by atoms with E-state index in [2.05, 4.69) is 15.5 Å². The summed E-state index contributed by atoms with van der Waals surface area (Å²) in [6.45, 7) is 5.26.